The molecule has 3 aromatic rings. The number of fused-ring (bicyclic) bond motifs is 1. The summed E-state index contributed by atoms with van der Waals surface area (Å²) in [6.45, 7) is 6.47. The molecular weight excluding hydrogens is 479 g/mol. The van der Waals surface area contributed by atoms with Gasteiger partial charge >= 0.3 is 0 Å². The fourth-order valence-corrected chi connectivity index (χ4v) is 5.11. The van der Waals surface area contributed by atoms with Crippen LogP contribution in [0.2, 0.25) is 0 Å². The molecule has 1 fully saturated rings. The quantitative estimate of drug-likeness (QED) is 0.390. The van der Waals surface area contributed by atoms with E-state index >= 15 is 4.39 Å². The van der Waals surface area contributed by atoms with Crippen molar-refractivity contribution in [2.75, 3.05) is 43.2 Å². The summed E-state index contributed by atoms with van der Waals surface area (Å²) in [6, 6.07) is 10.1. The number of benzene rings is 2. The first-order valence-corrected chi connectivity index (χ1v) is 12.8. The lowest BCUT2D eigenvalue weighted by atomic mass is 10.00. The van der Waals surface area contributed by atoms with Gasteiger partial charge in [-0.3, -0.25) is 4.98 Å². The van der Waals surface area contributed by atoms with Gasteiger partial charge in [0.05, 0.1) is 36.8 Å². The van der Waals surface area contributed by atoms with Crippen LogP contribution in [0, 0.1) is 17.5 Å². The third kappa shape index (κ3) is 5.12. The molecule has 0 spiro atoms. The highest BCUT2D eigenvalue weighted by molar-refractivity contribution is 5.74. The predicted octanol–water partition coefficient (Wildman–Crippen LogP) is 5.98. The Hall–Kier alpha value is -3.26. The van der Waals surface area contributed by atoms with Gasteiger partial charge in [0.15, 0.2) is 11.6 Å². The Morgan fingerprint density at radius 3 is 2.65 bits per heavy atom. The molecule has 8 heteroatoms. The molecule has 5 rings (SSSR count). The minimum absolute atomic E-state index is 0.153. The molecule has 2 aliphatic heterocycles. The van der Waals surface area contributed by atoms with Gasteiger partial charge in [0.1, 0.15) is 18.2 Å². The highest BCUT2D eigenvalue weighted by atomic mass is 19.1. The van der Waals surface area contributed by atoms with E-state index in [-0.39, 0.29) is 29.2 Å². The molecule has 1 saturated heterocycles. The zero-order valence-corrected chi connectivity index (χ0v) is 21.4. The van der Waals surface area contributed by atoms with E-state index in [1.165, 1.54) is 12.1 Å². The number of pyridine rings is 1. The largest absolute Gasteiger partial charge is 0.486 e. The third-order valence-electron chi connectivity index (χ3n) is 7.49. The molecule has 2 aromatic carbocycles. The van der Waals surface area contributed by atoms with E-state index in [0.29, 0.717) is 55.4 Å². The summed E-state index contributed by atoms with van der Waals surface area (Å²) in [5.74, 6) is -1.18. The van der Waals surface area contributed by atoms with Crippen molar-refractivity contribution in [3.8, 4) is 16.9 Å². The van der Waals surface area contributed by atoms with Crippen LogP contribution in [0.5, 0.6) is 5.75 Å². The van der Waals surface area contributed by atoms with Crippen molar-refractivity contribution in [1.82, 2.24) is 4.98 Å². The molecule has 3 heterocycles. The summed E-state index contributed by atoms with van der Waals surface area (Å²) in [5.41, 5.74) is 3.09. The van der Waals surface area contributed by atoms with E-state index < -0.39 is 11.6 Å². The first-order valence-electron chi connectivity index (χ1n) is 12.8. The van der Waals surface area contributed by atoms with Gasteiger partial charge in [-0.1, -0.05) is 13.0 Å². The van der Waals surface area contributed by atoms with Gasteiger partial charge in [-0.15, -0.1) is 0 Å². The monoisotopic (exact) mass is 511 g/mol. The maximum atomic E-state index is 15.1. The van der Waals surface area contributed by atoms with E-state index in [2.05, 4.69) is 23.7 Å². The molecule has 5 nitrogen and oxygen atoms in total. The second kappa shape index (κ2) is 10.6. The Kier molecular flexibility index (Phi) is 7.29. The SMILES string of the molecule is CCC(C)N1CCOc2c(F)cc(-c3cc(Cc4ccc(N(C)C5CCOC5)c(F)c4)ncc3F)cc21. The fourth-order valence-electron chi connectivity index (χ4n) is 5.11. The molecule has 1 aromatic heterocycles. The second-order valence-electron chi connectivity index (χ2n) is 9.85. The first-order chi connectivity index (χ1) is 17.9. The van der Waals surface area contributed by atoms with Gasteiger partial charge in [-0.25, -0.2) is 13.2 Å². The Labute approximate surface area is 215 Å². The van der Waals surface area contributed by atoms with Gasteiger partial charge in [0.2, 0.25) is 0 Å². The van der Waals surface area contributed by atoms with Crippen molar-refractivity contribution in [1.29, 1.82) is 0 Å². The first kappa shape index (κ1) is 25.4. The lowest BCUT2D eigenvalue weighted by Crippen LogP contribution is -2.39. The van der Waals surface area contributed by atoms with Gasteiger partial charge in [0.25, 0.3) is 0 Å². The lowest BCUT2D eigenvalue weighted by molar-refractivity contribution is 0.193. The van der Waals surface area contributed by atoms with Crippen molar-refractivity contribution >= 4 is 11.4 Å². The van der Waals surface area contributed by atoms with Crippen molar-refractivity contribution in [2.45, 2.75) is 45.2 Å². The standard InChI is InChI=1S/C29H32F3N3O2/c1-4-18(2)35-8-10-37-29-25(31)13-20(14-28(29)35)23-15-21(33-16-26(23)32)11-19-5-6-27(24(30)12-19)34(3)22-7-9-36-17-22/h5-6,12-16,18,22H,4,7-11,17H2,1-3H3. The van der Waals surface area contributed by atoms with E-state index in [1.54, 1.807) is 18.2 Å². The third-order valence-corrected chi connectivity index (χ3v) is 7.49. The number of ether oxygens (including phenoxy) is 2. The van der Waals surface area contributed by atoms with Crippen LogP contribution in [0.4, 0.5) is 24.5 Å². The van der Waals surface area contributed by atoms with Crippen molar-refractivity contribution in [2.24, 2.45) is 0 Å². The van der Waals surface area contributed by atoms with Crippen LogP contribution in [0.3, 0.4) is 0 Å². The molecule has 0 N–H and O–H groups in total. The summed E-state index contributed by atoms with van der Waals surface area (Å²) < 4.78 is 56.0. The van der Waals surface area contributed by atoms with Gasteiger partial charge in [-0.05, 0) is 61.2 Å². The Morgan fingerprint density at radius 1 is 1.08 bits per heavy atom. The van der Waals surface area contributed by atoms with Crippen LogP contribution in [-0.2, 0) is 11.2 Å². The number of likely N-dealkylation sites (N-methyl/N-ethyl adjacent to an activating group) is 1. The number of hydrogen-bond donors (Lipinski definition) is 0. The smallest absolute Gasteiger partial charge is 0.178 e. The van der Waals surface area contributed by atoms with Gasteiger partial charge in [-0.2, -0.15) is 0 Å². The van der Waals surface area contributed by atoms with Gasteiger partial charge in [0, 0.05) is 37.4 Å². The molecule has 0 amide bonds. The average Bonchev–Trinajstić information content (AvgIpc) is 3.44. The molecule has 196 valence electrons. The molecule has 2 atom stereocenters. The maximum Gasteiger partial charge on any atom is 0.178 e. The minimum atomic E-state index is -0.545. The van der Waals surface area contributed by atoms with Gasteiger partial charge < -0.3 is 19.3 Å². The molecular formula is C29H32F3N3O2. The predicted molar refractivity (Wildman–Crippen MR) is 139 cm³/mol. The molecule has 0 bridgehead atoms. The number of hydrogen-bond acceptors (Lipinski definition) is 5. The van der Waals surface area contributed by atoms with Crippen LogP contribution >= 0.6 is 0 Å². The zero-order chi connectivity index (χ0) is 26.1. The average molecular weight is 512 g/mol. The Bertz CT molecular complexity index is 1280. The topological polar surface area (TPSA) is 37.8 Å². The van der Waals surface area contributed by atoms with Crippen molar-refractivity contribution in [3.63, 3.8) is 0 Å². The molecule has 2 unspecified atom stereocenters. The number of rotatable bonds is 7. The molecule has 0 radical (unpaired) electrons. The normalized spacial score (nSPS) is 17.9. The highest BCUT2D eigenvalue weighted by Gasteiger charge is 2.26. The molecule has 37 heavy (non-hydrogen) atoms. The van der Waals surface area contributed by atoms with Crippen LogP contribution in [-0.4, -0.2) is 50.5 Å². The maximum absolute atomic E-state index is 15.1. The minimum Gasteiger partial charge on any atom is -0.486 e. The summed E-state index contributed by atoms with van der Waals surface area (Å²) in [6.07, 6.45) is 3.21. The van der Waals surface area contributed by atoms with E-state index in [9.17, 15) is 8.78 Å². The molecule has 0 saturated carbocycles. The van der Waals surface area contributed by atoms with Crippen LogP contribution in [0.15, 0.2) is 42.6 Å². The lowest BCUT2D eigenvalue weighted by Gasteiger charge is -2.36. The number of halogens is 3. The zero-order valence-electron chi connectivity index (χ0n) is 21.4. The summed E-state index contributed by atoms with van der Waals surface area (Å²) in [4.78, 5) is 8.24. The Balaban J connectivity index is 1.42. The Morgan fingerprint density at radius 2 is 1.92 bits per heavy atom. The number of nitrogens with zero attached hydrogens (tertiary/aromatic N) is 3. The highest BCUT2D eigenvalue weighted by Crippen LogP contribution is 2.40. The summed E-state index contributed by atoms with van der Waals surface area (Å²) in [5, 5.41) is 0. The molecule has 2 aliphatic rings. The summed E-state index contributed by atoms with van der Waals surface area (Å²) >= 11 is 0. The van der Waals surface area contributed by atoms with Crippen molar-refractivity contribution in [3.05, 3.63) is 71.3 Å². The van der Waals surface area contributed by atoms with Crippen LogP contribution in [0.25, 0.3) is 11.1 Å². The summed E-state index contributed by atoms with van der Waals surface area (Å²) in [7, 11) is 1.87. The van der Waals surface area contributed by atoms with Crippen LogP contribution in [0.1, 0.15) is 37.9 Å². The van der Waals surface area contributed by atoms with Crippen molar-refractivity contribution < 1.29 is 22.6 Å². The van der Waals surface area contributed by atoms with E-state index in [4.69, 9.17) is 9.47 Å². The van der Waals surface area contributed by atoms with E-state index in [0.717, 1.165) is 24.6 Å². The number of anilines is 2. The second-order valence-corrected chi connectivity index (χ2v) is 9.85. The number of aromatic nitrogens is 1. The molecule has 0 aliphatic carbocycles. The fraction of sp³-hybridized carbons (Fsp3) is 0.414. The van der Waals surface area contributed by atoms with E-state index in [1.807, 2.05) is 18.0 Å². The van der Waals surface area contributed by atoms with Crippen LogP contribution < -0.4 is 14.5 Å².